The van der Waals surface area contributed by atoms with Gasteiger partial charge >= 0.3 is 202 Å². The first-order valence-corrected chi connectivity index (χ1v) is 14.5. The summed E-state index contributed by atoms with van der Waals surface area (Å²) in [4.78, 5) is 0. The van der Waals surface area contributed by atoms with E-state index in [9.17, 15) is 0 Å². The van der Waals surface area contributed by atoms with Crippen molar-refractivity contribution in [3.63, 3.8) is 0 Å². The zero-order chi connectivity index (χ0) is 23.0. The molecule has 4 rings (SSSR count). The summed E-state index contributed by atoms with van der Waals surface area (Å²) in [7, 11) is 0. The first-order valence-electron chi connectivity index (χ1n) is 11.1. The quantitative estimate of drug-likeness (QED) is 0.204. The van der Waals surface area contributed by atoms with Crippen molar-refractivity contribution in [2.75, 3.05) is 0 Å². The van der Waals surface area contributed by atoms with Gasteiger partial charge in [0, 0.05) is 0 Å². The molecule has 0 heterocycles. The van der Waals surface area contributed by atoms with Crippen molar-refractivity contribution in [1.82, 2.24) is 0 Å². The van der Waals surface area contributed by atoms with Gasteiger partial charge in [-0.3, -0.25) is 0 Å². The van der Waals surface area contributed by atoms with Crippen LogP contribution in [0.25, 0.3) is 0 Å². The van der Waals surface area contributed by atoms with E-state index >= 15 is 0 Å². The Kier molecular flexibility index (Phi) is 7.10. The van der Waals surface area contributed by atoms with Crippen LogP contribution in [0.3, 0.4) is 0 Å². The Labute approximate surface area is 201 Å². The van der Waals surface area contributed by atoms with E-state index in [1.54, 1.807) is 0 Å². The Morgan fingerprint density at radius 1 is 0.636 bits per heavy atom. The minimum atomic E-state index is -3.34. The summed E-state index contributed by atoms with van der Waals surface area (Å²) in [5.41, 5.74) is 2.43. The molecule has 164 valence electrons. The fourth-order valence-electron chi connectivity index (χ4n) is 4.49. The molecule has 1 nitrogen and oxygen atoms in total. The van der Waals surface area contributed by atoms with Crippen molar-refractivity contribution in [3.05, 3.63) is 139 Å². The van der Waals surface area contributed by atoms with Crippen LogP contribution >= 0.6 is 17.2 Å². The Morgan fingerprint density at radius 3 is 1.61 bits per heavy atom. The normalized spacial score (nSPS) is 12.7. The molecule has 0 unspecified atom stereocenters. The molecule has 0 aromatic heterocycles. The number of hydrogen-bond acceptors (Lipinski definition) is 1. The maximum atomic E-state index is 8.78. The van der Waals surface area contributed by atoms with E-state index in [0.717, 1.165) is 12.6 Å². The molecule has 0 radical (unpaired) electrons. The van der Waals surface area contributed by atoms with Gasteiger partial charge in [0.1, 0.15) is 0 Å². The van der Waals surface area contributed by atoms with Gasteiger partial charge in [0.2, 0.25) is 0 Å². The van der Waals surface area contributed by atoms with Crippen LogP contribution < -0.4 is 15.9 Å². The molecule has 0 saturated carbocycles. The molecule has 4 aromatic carbocycles. The molecule has 0 aliphatic heterocycles. The fourth-order valence-corrected chi connectivity index (χ4v) is 10.6. The van der Waals surface area contributed by atoms with Crippen molar-refractivity contribution >= 4 is 33.1 Å². The van der Waals surface area contributed by atoms with Crippen molar-refractivity contribution in [2.24, 2.45) is 0 Å². The van der Waals surface area contributed by atoms with Crippen LogP contribution in [-0.4, -0.2) is 0 Å². The number of rotatable bonds is 8. The van der Waals surface area contributed by atoms with E-state index < -0.39 is 5.96 Å². The van der Waals surface area contributed by atoms with Crippen molar-refractivity contribution < 1.29 is 0 Å². The third kappa shape index (κ3) is 4.65. The van der Waals surface area contributed by atoms with Crippen LogP contribution in [0, 0.1) is 11.3 Å². The van der Waals surface area contributed by atoms with Crippen LogP contribution in [0.2, 0.25) is 0 Å². The predicted octanol–water partition coefficient (Wildman–Crippen LogP) is 6.88. The Morgan fingerprint density at radius 2 is 1.12 bits per heavy atom. The number of benzene rings is 4. The number of hydrogen-bond donors (Lipinski definition) is 0. The predicted molar refractivity (Wildman–Crippen MR) is 144 cm³/mol. The summed E-state index contributed by atoms with van der Waals surface area (Å²) in [6.07, 6.45) is 5.95. The summed E-state index contributed by atoms with van der Waals surface area (Å²) < 4.78 is 0. The van der Waals surface area contributed by atoms with Gasteiger partial charge in [0.05, 0.1) is 0 Å². The molecule has 0 saturated heterocycles. The van der Waals surface area contributed by atoms with Crippen LogP contribution in [0.4, 0.5) is 0 Å². The summed E-state index contributed by atoms with van der Waals surface area (Å²) in [5, 5.41) is 12.3. The monoisotopic (exact) mass is 467 g/mol. The van der Waals surface area contributed by atoms with Gasteiger partial charge in [-0.15, -0.1) is 0 Å². The molecule has 0 N–H and O–H groups in total. The maximum absolute atomic E-state index is 8.78. The average molecular weight is 468 g/mol. The van der Waals surface area contributed by atoms with Crippen LogP contribution in [0.15, 0.2) is 127 Å². The molecule has 0 bridgehead atoms. The van der Waals surface area contributed by atoms with Crippen LogP contribution in [0.5, 0.6) is 0 Å². The van der Waals surface area contributed by atoms with Gasteiger partial charge in [-0.1, -0.05) is 0 Å². The SMILES string of the molecule is N#CCC=CCc1cccc(CP(Cl)(c2ccccc2)(c2ccccc2)c2ccccc2)c1. The molecule has 0 aliphatic rings. The van der Waals surface area contributed by atoms with Crippen LogP contribution in [0.1, 0.15) is 17.5 Å². The topological polar surface area (TPSA) is 23.8 Å². The summed E-state index contributed by atoms with van der Waals surface area (Å²) >= 11 is 8.19. The first-order chi connectivity index (χ1) is 16.1. The second-order valence-electron chi connectivity index (χ2n) is 8.21. The van der Waals surface area contributed by atoms with Crippen LogP contribution in [-0.2, 0) is 12.6 Å². The van der Waals surface area contributed by atoms with E-state index in [-0.39, 0.29) is 0 Å². The third-order valence-electron chi connectivity index (χ3n) is 6.08. The van der Waals surface area contributed by atoms with E-state index in [1.165, 1.54) is 27.0 Å². The second-order valence-corrected chi connectivity index (χ2v) is 14.7. The summed E-state index contributed by atoms with van der Waals surface area (Å²) in [5.74, 6) is -3.34. The zero-order valence-electron chi connectivity index (χ0n) is 18.5. The van der Waals surface area contributed by atoms with Gasteiger partial charge in [-0.2, -0.15) is 0 Å². The zero-order valence-corrected chi connectivity index (χ0v) is 20.2. The van der Waals surface area contributed by atoms with Crippen molar-refractivity contribution in [1.29, 1.82) is 5.26 Å². The fraction of sp³-hybridized carbons (Fsp3) is 0.100. The molecular weight excluding hydrogens is 441 g/mol. The number of allylic oxidation sites excluding steroid dienone is 2. The molecule has 0 spiro atoms. The average Bonchev–Trinajstić information content (AvgIpc) is 2.88. The van der Waals surface area contributed by atoms with Gasteiger partial charge in [0.25, 0.3) is 0 Å². The Hall–Kier alpha value is -3.17. The first kappa shape index (κ1) is 23.0. The Bertz CT molecular complexity index is 1160. The molecule has 0 aliphatic carbocycles. The molecule has 33 heavy (non-hydrogen) atoms. The number of nitrogens with zero attached hydrogens (tertiary/aromatic N) is 1. The molecule has 0 atom stereocenters. The Balaban J connectivity index is 1.91. The third-order valence-corrected chi connectivity index (χ3v) is 13.3. The van der Waals surface area contributed by atoms with Crippen molar-refractivity contribution in [2.45, 2.75) is 19.0 Å². The number of nitriles is 1. The standard InChI is InChI=1S/C30H27ClNP/c31-33(28-17-6-1-7-18-28,29-19-8-2-9-20-29,30-21-10-3-11-22-30)25-27-16-13-15-26(24-27)14-5-4-12-23-32/h1-11,13,15-22,24H,12,14,25H2. The van der Waals surface area contributed by atoms with Gasteiger partial charge in [-0.25, -0.2) is 0 Å². The molecule has 4 aromatic rings. The van der Waals surface area contributed by atoms with E-state index in [1.807, 2.05) is 24.3 Å². The summed E-state index contributed by atoms with van der Waals surface area (Å²) in [6.45, 7) is 0. The van der Waals surface area contributed by atoms with Gasteiger partial charge < -0.3 is 0 Å². The minimum absolute atomic E-state index is 0.439. The molecule has 0 amide bonds. The number of halogens is 1. The van der Waals surface area contributed by atoms with Gasteiger partial charge in [-0.05, 0) is 0 Å². The van der Waals surface area contributed by atoms with E-state index in [4.69, 9.17) is 16.5 Å². The van der Waals surface area contributed by atoms with Crippen molar-refractivity contribution in [3.8, 4) is 6.07 Å². The molecule has 0 fully saturated rings. The van der Waals surface area contributed by atoms with Gasteiger partial charge in [0.15, 0.2) is 0 Å². The molecular formula is C30H27ClNP. The summed E-state index contributed by atoms with van der Waals surface area (Å²) in [6, 6.07) is 42.6. The van der Waals surface area contributed by atoms with E-state index in [2.05, 4.69) is 109 Å². The molecule has 3 heteroatoms. The van der Waals surface area contributed by atoms with E-state index in [0.29, 0.717) is 6.42 Å². The second kappa shape index (κ2) is 10.2.